The van der Waals surface area contributed by atoms with Gasteiger partial charge in [0, 0.05) is 19.0 Å². The molecule has 2 N–H and O–H groups in total. The van der Waals surface area contributed by atoms with Gasteiger partial charge in [-0.25, -0.2) is 0 Å². The number of aryl methyl sites for hydroxylation is 1. The van der Waals surface area contributed by atoms with Gasteiger partial charge in [-0.05, 0) is 6.07 Å². The molecule has 2 rings (SSSR count). The fraction of sp³-hybridized carbons (Fsp3) is 0.400. The Hall–Kier alpha value is -1.42. The van der Waals surface area contributed by atoms with Crippen LogP contribution >= 0.6 is 0 Å². The summed E-state index contributed by atoms with van der Waals surface area (Å²) in [5.74, 6) is 0. The lowest BCUT2D eigenvalue weighted by molar-refractivity contribution is 0.795. The summed E-state index contributed by atoms with van der Waals surface area (Å²) in [6.45, 7) is 4.48. The molecular weight excluding hydrogens is 176 g/mol. The Morgan fingerprint density at radius 3 is 2.71 bits per heavy atom. The first-order valence-electron chi connectivity index (χ1n) is 4.78. The molecule has 14 heavy (non-hydrogen) atoms. The smallest absolute Gasteiger partial charge is 0.0862 e. The first-order valence-corrected chi connectivity index (χ1v) is 4.78. The third kappa shape index (κ3) is 1.90. The number of pyridine rings is 1. The second-order valence-electron chi connectivity index (χ2n) is 2.71. The summed E-state index contributed by atoms with van der Waals surface area (Å²) in [6, 6.07) is 1.96. The fourth-order valence-electron chi connectivity index (χ4n) is 1.21. The number of nitrogens with zero attached hydrogens (tertiary/aromatic N) is 3. The van der Waals surface area contributed by atoms with Crippen molar-refractivity contribution < 1.29 is 0 Å². The van der Waals surface area contributed by atoms with E-state index in [4.69, 9.17) is 5.73 Å². The number of fused-ring (bicyclic) bond motifs is 1. The van der Waals surface area contributed by atoms with E-state index in [0.29, 0.717) is 6.54 Å². The maximum absolute atomic E-state index is 5.46. The van der Waals surface area contributed by atoms with Gasteiger partial charge >= 0.3 is 0 Å². The lowest BCUT2D eigenvalue weighted by atomic mass is 10.3. The zero-order chi connectivity index (χ0) is 10.6. The van der Waals surface area contributed by atoms with Gasteiger partial charge in [0.15, 0.2) is 0 Å². The number of rotatable bonds is 1. The summed E-state index contributed by atoms with van der Waals surface area (Å²) < 4.78 is 1.79. The third-order valence-electron chi connectivity index (χ3n) is 1.90. The van der Waals surface area contributed by atoms with Crippen LogP contribution < -0.4 is 5.73 Å². The van der Waals surface area contributed by atoms with Crippen LogP contribution in [0.4, 0.5) is 0 Å². The van der Waals surface area contributed by atoms with Crippen LogP contribution in [0.2, 0.25) is 0 Å². The zero-order valence-electron chi connectivity index (χ0n) is 8.86. The van der Waals surface area contributed by atoms with Crippen molar-refractivity contribution in [1.82, 2.24) is 14.8 Å². The molecule has 76 valence electrons. The van der Waals surface area contributed by atoms with Gasteiger partial charge in [-0.3, -0.25) is 9.67 Å². The quantitative estimate of drug-likeness (QED) is 0.744. The molecule has 0 fully saturated rings. The SMILES string of the molecule is CC.Cn1ncc2cc(CN)ncc21. The molecule has 2 aromatic rings. The molecule has 0 saturated carbocycles. The van der Waals surface area contributed by atoms with Crippen molar-refractivity contribution >= 4 is 10.9 Å². The predicted octanol–water partition coefficient (Wildman–Crippen LogP) is 1.45. The summed E-state index contributed by atoms with van der Waals surface area (Å²) >= 11 is 0. The van der Waals surface area contributed by atoms with E-state index in [-0.39, 0.29) is 0 Å². The van der Waals surface area contributed by atoms with Crippen LogP contribution in [0.3, 0.4) is 0 Å². The Morgan fingerprint density at radius 1 is 1.36 bits per heavy atom. The molecular formula is C10H16N4. The molecule has 4 heteroatoms. The van der Waals surface area contributed by atoms with Crippen molar-refractivity contribution in [2.75, 3.05) is 0 Å². The second kappa shape index (κ2) is 4.72. The van der Waals surface area contributed by atoms with Gasteiger partial charge < -0.3 is 5.73 Å². The van der Waals surface area contributed by atoms with Crippen LogP contribution in [0.15, 0.2) is 18.5 Å². The minimum Gasteiger partial charge on any atom is -0.325 e. The highest BCUT2D eigenvalue weighted by molar-refractivity contribution is 5.77. The largest absolute Gasteiger partial charge is 0.325 e. The van der Waals surface area contributed by atoms with Crippen LogP contribution in [-0.4, -0.2) is 14.8 Å². The molecule has 0 radical (unpaired) electrons. The highest BCUT2D eigenvalue weighted by atomic mass is 15.2. The van der Waals surface area contributed by atoms with Gasteiger partial charge in [0.2, 0.25) is 0 Å². The first-order chi connectivity index (χ1) is 6.81. The summed E-state index contributed by atoms with van der Waals surface area (Å²) in [4.78, 5) is 4.17. The molecule has 0 atom stereocenters. The molecule has 0 bridgehead atoms. The van der Waals surface area contributed by atoms with E-state index in [2.05, 4.69) is 10.1 Å². The van der Waals surface area contributed by atoms with Gasteiger partial charge in [-0.1, -0.05) is 13.8 Å². The van der Waals surface area contributed by atoms with Crippen LogP contribution in [0.5, 0.6) is 0 Å². The van der Waals surface area contributed by atoms with Crippen molar-refractivity contribution in [2.45, 2.75) is 20.4 Å². The van der Waals surface area contributed by atoms with Gasteiger partial charge in [0.05, 0.1) is 23.6 Å². The third-order valence-corrected chi connectivity index (χ3v) is 1.90. The number of hydrogen-bond donors (Lipinski definition) is 1. The maximum atomic E-state index is 5.46. The van der Waals surface area contributed by atoms with Gasteiger partial charge in [-0.15, -0.1) is 0 Å². The molecule has 0 aliphatic rings. The van der Waals surface area contributed by atoms with E-state index in [0.717, 1.165) is 16.6 Å². The van der Waals surface area contributed by atoms with E-state index in [1.54, 1.807) is 10.9 Å². The molecule has 0 aromatic carbocycles. The maximum Gasteiger partial charge on any atom is 0.0862 e. The molecule has 0 aliphatic heterocycles. The number of nitrogens with two attached hydrogens (primary N) is 1. The Bertz CT molecular complexity index is 405. The molecule has 0 spiro atoms. The Morgan fingerprint density at radius 2 is 2.07 bits per heavy atom. The fourth-order valence-corrected chi connectivity index (χ4v) is 1.21. The summed E-state index contributed by atoms with van der Waals surface area (Å²) in [5, 5.41) is 5.20. The Kier molecular flexibility index (Phi) is 3.59. The predicted molar refractivity (Wildman–Crippen MR) is 57.7 cm³/mol. The van der Waals surface area contributed by atoms with Gasteiger partial charge in [0.1, 0.15) is 0 Å². The van der Waals surface area contributed by atoms with Crippen molar-refractivity contribution in [3.63, 3.8) is 0 Å². The Labute approximate surface area is 83.7 Å². The van der Waals surface area contributed by atoms with E-state index in [9.17, 15) is 0 Å². The van der Waals surface area contributed by atoms with Crippen LogP contribution in [-0.2, 0) is 13.6 Å². The average Bonchev–Trinajstić information content (AvgIpc) is 2.63. The van der Waals surface area contributed by atoms with Crippen LogP contribution in [0.1, 0.15) is 19.5 Å². The van der Waals surface area contributed by atoms with Gasteiger partial charge in [0.25, 0.3) is 0 Å². The lowest BCUT2D eigenvalue weighted by Gasteiger charge is -1.96. The normalized spacial score (nSPS) is 9.71. The van der Waals surface area contributed by atoms with Crippen molar-refractivity contribution in [2.24, 2.45) is 12.8 Å². The topological polar surface area (TPSA) is 56.7 Å². The van der Waals surface area contributed by atoms with Crippen molar-refractivity contribution in [3.8, 4) is 0 Å². The van der Waals surface area contributed by atoms with Crippen LogP contribution in [0.25, 0.3) is 10.9 Å². The summed E-state index contributed by atoms with van der Waals surface area (Å²) in [6.07, 6.45) is 3.61. The molecule has 0 amide bonds. The van der Waals surface area contributed by atoms with Crippen LogP contribution in [0, 0.1) is 0 Å². The average molecular weight is 192 g/mol. The van der Waals surface area contributed by atoms with E-state index < -0.39 is 0 Å². The molecule has 4 nitrogen and oxygen atoms in total. The van der Waals surface area contributed by atoms with E-state index in [1.165, 1.54) is 0 Å². The summed E-state index contributed by atoms with van der Waals surface area (Å²) in [5.41, 5.74) is 7.39. The molecule has 0 aliphatic carbocycles. The van der Waals surface area contributed by atoms with E-state index >= 15 is 0 Å². The number of aromatic nitrogens is 3. The molecule has 0 unspecified atom stereocenters. The monoisotopic (exact) mass is 192 g/mol. The zero-order valence-corrected chi connectivity index (χ0v) is 8.86. The highest BCUT2D eigenvalue weighted by Gasteiger charge is 1.99. The molecule has 0 saturated heterocycles. The minimum absolute atomic E-state index is 0.477. The van der Waals surface area contributed by atoms with Crippen molar-refractivity contribution in [1.29, 1.82) is 0 Å². The highest BCUT2D eigenvalue weighted by Crippen LogP contribution is 2.11. The summed E-state index contributed by atoms with van der Waals surface area (Å²) in [7, 11) is 1.89. The van der Waals surface area contributed by atoms with Gasteiger partial charge in [-0.2, -0.15) is 5.10 Å². The molecule has 2 heterocycles. The Balaban J connectivity index is 0.000000461. The van der Waals surface area contributed by atoms with Crippen molar-refractivity contribution in [3.05, 3.63) is 24.2 Å². The first kappa shape index (κ1) is 10.7. The number of hydrogen-bond acceptors (Lipinski definition) is 3. The lowest BCUT2D eigenvalue weighted by Crippen LogP contribution is -1.99. The molecule has 2 aromatic heterocycles. The second-order valence-corrected chi connectivity index (χ2v) is 2.71. The standard InChI is InChI=1S/C8H10N4.C2H6/c1-12-8-5-10-7(3-9)2-6(8)4-11-12;1-2/h2,4-5H,3,9H2,1H3;1-2H3. The van der Waals surface area contributed by atoms with E-state index in [1.807, 2.05) is 33.2 Å². The minimum atomic E-state index is 0.477.